The van der Waals surface area contributed by atoms with E-state index in [1.54, 1.807) is 48.5 Å². The summed E-state index contributed by atoms with van der Waals surface area (Å²) in [7, 11) is 0. The summed E-state index contributed by atoms with van der Waals surface area (Å²) in [6, 6.07) is 11.9. The minimum atomic E-state index is -0.640. The van der Waals surface area contributed by atoms with E-state index in [2.05, 4.69) is 0 Å². The van der Waals surface area contributed by atoms with Crippen LogP contribution < -0.4 is 0 Å². The summed E-state index contributed by atoms with van der Waals surface area (Å²) in [4.78, 5) is 0. The average molecular weight is 700 g/mol. The zero-order valence-electron chi connectivity index (χ0n) is 47.0. The molecule has 0 aromatic heterocycles. The molecule has 0 aliphatic carbocycles. The molecule has 0 bridgehead atoms. The van der Waals surface area contributed by atoms with Crippen molar-refractivity contribution in [2.45, 2.75) is 0 Å². The maximum Gasteiger partial charge on any atom is 0.0636 e. The van der Waals surface area contributed by atoms with Gasteiger partial charge in [0.15, 0.2) is 0 Å². The number of hydrogen-bond acceptors (Lipinski definition) is 0. The Labute approximate surface area is 339 Å². The van der Waals surface area contributed by atoms with E-state index in [4.69, 9.17) is 11.0 Å². The van der Waals surface area contributed by atoms with Crippen molar-refractivity contribution in [2.75, 3.05) is 0 Å². The van der Waals surface area contributed by atoms with E-state index in [-0.39, 0.29) is 92.5 Å². The van der Waals surface area contributed by atoms with Crippen LogP contribution in [0.15, 0.2) is 194 Å². The number of fused-ring (bicyclic) bond motifs is 1. The first-order valence-electron chi connectivity index (χ1n) is 26.8. The zero-order valence-corrected chi connectivity index (χ0v) is 28.0. The molecule has 0 amide bonds. The van der Waals surface area contributed by atoms with E-state index in [1.165, 1.54) is 0 Å². The van der Waals surface area contributed by atoms with Gasteiger partial charge in [-0.15, -0.1) is 0 Å². The molecule has 0 saturated heterocycles. The van der Waals surface area contributed by atoms with E-state index in [0.717, 1.165) is 5.39 Å². The molecule has 0 heterocycles. The Bertz CT molecular complexity index is 4470. The first kappa shape index (κ1) is 16.8. The minimum absolute atomic E-state index is 0.102. The Morgan fingerprint density at radius 1 is 0.296 bits per heavy atom. The molecule has 54 heavy (non-hydrogen) atoms. The monoisotopic (exact) mass is 699 g/mol. The second-order valence-corrected chi connectivity index (χ2v) is 13.2. The average Bonchev–Trinajstić information content (AvgIpc) is 3.38. The molecule has 12 aromatic carbocycles. The normalized spacial score (nSPS) is 17.0. The Kier molecular flexibility index (Phi) is 3.49. The van der Waals surface area contributed by atoms with Crippen molar-refractivity contribution >= 4 is 75.4 Å². The molecule has 0 nitrogen and oxygen atoms in total. The van der Waals surface area contributed by atoms with Crippen LogP contribution in [0.2, 0.25) is 0 Å². The van der Waals surface area contributed by atoms with E-state index in [1.807, 2.05) is 30.3 Å². The van der Waals surface area contributed by atoms with Crippen LogP contribution in [0.4, 0.5) is 0 Å². The molecule has 0 N–H and O–H groups in total. The Morgan fingerprint density at radius 2 is 0.815 bits per heavy atom. The molecule has 12 aromatic rings. The fourth-order valence-corrected chi connectivity index (χ4v) is 7.99. The van der Waals surface area contributed by atoms with E-state index in [9.17, 15) is 15.1 Å². The van der Waals surface area contributed by atoms with Gasteiger partial charge in [0.05, 0.1) is 26.0 Å². The molecule has 248 valence electrons. The van der Waals surface area contributed by atoms with Crippen LogP contribution in [-0.2, 0) is 0 Å². The van der Waals surface area contributed by atoms with Gasteiger partial charge in [0, 0.05) is 0 Å². The molecule has 0 saturated carbocycles. The lowest BCUT2D eigenvalue weighted by molar-refractivity contribution is 1.58. The fourth-order valence-electron chi connectivity index (χ4n) is 7.99. The highest BCUT2D eigenvalue weighted by atomic mass is 14.3. The van der Waals surface area contributed by atoms with Crippen LogP contribution in [-0.4, -0.2) is 0 Å². The maximum absolute atomic E-state index is 10.7. The molecule has 0 aliphatic rings. The topological polar surface area (TPSA) is 0 Å². The van der Waals surface area contributed by atoms with Crippen molar-refractivity contribution in [3.8, 4) is 44.5 Å². The van der Waals surface area contributed by atoms with Crippen LogP contribution in [0.3, 0.4) is 0 Å². The quantitative estimate of drug-likeness (QED) is 0.160. The van der Waals surface area contributed by atoms with Crippen LogP contribution in [0.25, 0.3) is 120 Å². The molecule has 0 atom stereocenters. The minimum Gasteiger partial charge on any atom is -0.0622 e. The molecule has 12 rings (SSSR count). The van der Waals surface area contributed by atoms with Gasteiger partial charge in [0.2, 0.25) is 0 Å². The maximum atomic E-state index is 10.7. The van der Waals surface area contributed by atoms with Gasteiger partial charge < -0.3 is 0 Å². The molecule has 0 heteroatoms. The first-order chi connectivity index (χ1) is 34.7. The second-order valence-electron chi connectivity index (χ2n) is 13.2. The van der Waals surface area contributed by atoms with E-state index in [0.29, 0.717) is 22.1 Å². The van der Waals surface area contributed by atoms with Crippen molar-refractivity contribution in [1.29, 1.82) is 0 Å². The summed E-state index contributed by atoms with van der Waals surface area (Å²) in [5.74, 6) is 0. The predicted molar refractivity (Wildman–Crippen MR) is 233 cm³/mol. The number of rotatable bonds is 4. The Hall–Kier alpha value is -7.02. The van der Waals surface area contributed by atoms with Crippen LogP contribution in [0.1, 0.15) is 26.0 Å². The summed E-state index contributed by atoms with van der Waals surface area (Å²) in [6.45, 7) is 0. The van der Waals surface area contributed by atoms with Crippen molar-refractivity contribution < 1.29 is 26.0 Å². The highest BCUT2D eigenvalue weighted by Gasteiger charge is 2.22. The van der Waals surface area contributed by atoms with Crippen LogP contribution >= 0.6 is 0 Å². The molecular weight excluding hydrogens is 649 g/mol. The number of benzene rings is 12. The fraction of sp³-hybridized carbons (Fsp3) is 0. The van der Waals surface area contributed by atoms with Crippen molar-refractivity contribution in [1.82, 2.24) is 0 Å². The second kappa shape index (κ2) is 11.2. The SMILES string of the molecule is [2H]c1c(-c2c([2H])c([2H])c3c([2H])c([2H])c4c([2H])c([2H])c([2H])c5c([2H])c([2H])c2c3c45)cc(-c2ccccc2)c(-c2cccc3ccccc23)c1-c1c([2H])c([2H])c2c([2H])c([2H])c3c([2H])c([2H])c([2H])c4c([2H])c([2H])c1c2c34. The molecule has 0 aliphatic heterocycles. The van der Waals surface area contributed by atoms with Gasteiger partial charge >= 0.3 is 0 Å². The third kappa shape index (κ3) is 4.20. The summed E-state index contributed by atoms with van der Waals surface area (Å²) in [6.07, 6.45) is 0. The van der Waals surface area contributed by atoms with Gasteiger partial charge in [0.1, 0.15) is 0 Å². The highest BCUT2D eigenvalue weighted by Crippen LogP contribution is 2.49. The molecular formula is C54H32. The summed E-state index contributed by atoms with van der Waals surface area (Å²) >= 11 is 0. The largest absolute Gasteiger partial charge is 0.0636 e. The highest BCUT2D eigenvalue weighted by molar-refractivity contribution is 6.28. The van der Waals surface area contributed by atoms with Gasteiger partial charge in [0.25, 0.3) is 0 Å². The van der Waals surface area contributed by atoms with E-state index >= 15 is 0 Å². The predicted octanol–water partition coefficient (Wildman–Crippen LogP) is 15.3. The molecule has 0 fully saturated rings. The molecule has 0 radical (unpaired) electrons. The van der Waals surface area contributed by atoms with Gasteiger partial charge in [-0.3, -0.25) is 0 Å². The lowest BCUT2D eigenvalue weighted by Crippen LogP contribution is -1.96. The van der Waals surface area contributed by atoms with Gasteiger partial charge in [-0.2, -0.15) is 0 Å². The zero-order chi connectivity index (χ0) is 51.9. The van der Waals surface area contributed by atoms with Crippen molar-refractivity contribution in [2.24, 2.45) is 0 Å². The lowest BCUT2D eigenvalue weighted by atomic mass is 9.80. The summed E-state index contributed by atoms with van der Waals surface area (Å²) in [5.41, 5.74) is 0.767. The molecule has 0 unspecified atom stereocenters. The van der Waals surface area contributed by atoms with Crippen LogP contribution in [0, 0.1) is 0 Å². The van der Waals surface area contributed by atoms with Gasteiger partial charge in [-0.05, 0) is 132 Å². The smallest absolute Gasteiger partial charge is 0.0622 e. The lowest BCUT2D eigenvalue weighted by Gasteiger charge is -2.23. The third-order valence-corrected chi connectivity index (χ3v) is 10.4. The van der Waals surface area contributed by atoms with Gasteiger partial charge in [-0.1, -0.05) is 182 Å². The molecule has 0 spiro atoms. The first-order valence-corrected chi connectivity index (χ1v) is 17.3. The van der Waals surface area contributed by atoms with Crippen LogP contribution in [0.5, 0.6) is 0 Å². The Balaban J connectivity index is 1.40. The van der Waals surface area contributed by atoms with Crippen molar-refractivity contribution in [3.63, 3.8) is 0 Å². The van der Waals surface area contributed by atoms with Gasteiger partial charge in [-0.25, -0.2) is 0 Å². The summed E-state index contributed by atoms with van der Waals surface area (Å²) < 4.78 is 178. The third-order valence-electron chi connectivity index (χ3n) is 10.4. The van der Waals surface area contributed by atoms with E-state index < -0.39 is 115 Å². The van der Waals surface area contributed by atoms with Crippen molar-refractivity contribution in [3.05, 3.63) is 194 Å². The Morgan fingerprint density at radius 3 is 1.48 bits per heavy atom. The number of hydrogen-bond donors (Lipinski definition) is 0. The standard InChI is InChI=1S/C54H32/c1-2-9-34(10-3-1)48-31-41(43-27-23-39-21-19-35-13-6-15-37-25-29-46(43)52(39)50(35)37)32-49(54(48)45-18-8-12-33-11-4-5-17-42(33)45)44-28-24-40-22-20-36-14-7-16-38-26-30-47(44)53(40)51(36)38/h1-32H/i6D,7D,13D,14D,15D,16D,19D,20D,21D,22D,23D,24D,25D,26D,27D,28D,29D,30D,32D. The summed E-state index contributed by atoms with van der Waals surface area (Å²) in [5, 5.41) is -1.09.